The third-order valence-electron chi connectivity index (χ3n) is 6.56. The van der Waals surface area contributed by atoms with Gasteiger partial charge in [0.2, 0.25) is 0 Å². The summed E-state index contributed by atoms with van der Waals surface area (Å²) in [5.74, 6) is 0.0458. The number of amides is 1. The van der Waals surface area contributed by atoms with Crippen LogP contribution in [0.25, 0.3) is 11.2 Å². The molecule has 0 bridgehead atoms. The molecule has 1 amide bonds. The Kier molecular flexibility index (Phi) is 6.36. The monoisotopic (exact) mass is 469 g/mol. The quantitative estimate of drug-likeness (QED) is 0.529. The Bertz CT molecular complexity index is 1130. The number of aromatic nitrogens is 4. The summed E-state index contributed by atoms with van der Waals surface area (Å²) in [4.78, 5) is 25.5. The first-order valence-corrected chi connectivity index (χ1v) is 14.0. The van der Waals surface area contributed by atoms with Crippen molar-refractivity contribution in [1.29, 1.82) is 0 Å². The zero-order chi connectivity index (χ0) is 23.8. The van der Waals surface area contributed by atoms with Crippen LogP contribution in [0.1, 0.15) is 43.8 Å². The maximum atomic E-state index is 12.6. The SMILES string of the molecule is CC(C)(C)[Si](C)(C)OCC1OC(n2cnc3c(NC(=O)c4ccccc4)ncnc32)CC1O. The largest absolute Gasteiger partial charge is 0.414 e. The number of hydrogen-bond donors (Lipinski definition) is 2. The predicted molar refractivity (Wildman–Crippen MR) is 127 cm³/mol. The van der Waals surface area contributed by atoms with Crippen LogP contribution in [0.5, 0.6) is 0 Å². The number of aliphatic hydroxyl groups excluding tert-OH is 1. The molecule has 9 nitrogen and oxygen atoms in total. The van der Waals surface area contributed by atoms with Crippen molar-refractivity contribution in [2.24, 2.45) is 0 Å². The second-order valence-corrected chi connectivity index (χ2v) is 14.7. The van der Waals surface area contributed by atoms with Crippen LogP contribution in [0.2, 0.25) is 18.1 Å². The highest BCUT2D eigenvalue weighted by Gasteiger charge is 2.41. The van der Waals surface area contributed by atoms with E-state index in [1.807, 2.05) is 6.07 Å². The van der Waals surface area contributed by atoms with Crippen LogP contribution in [0, 0.1) is 0 Å². The minimum absolute atomic E-state index is 0.0774. The lowest BCUT2D eigenvalue weighted by Gasteiger charge is -2.37. The molecule has 3 heterocycles. The van der Waals surface area contributed by atoms with Gasteiger partial charge in [-0.15, -0.1) is 0 Å². The lowest BCUT2D eigenvalue weighted by Crippen LogP contribution is -2.43. The number of carbonyl (C=O) groups is 1. The number of benzene rings is 1. The van der Waals surface area contributed by atoms with E-state index in [0.29, 0.717) is 35.6 Å². The third-order valence-corrected chi connectivity index (χ3v) is 11.1. The fourth-order valence-electron chi connectivity index (χ4n) is 3.47. The smallest absolute Gasteiger partial charge is 0.256 e. The number of carbonyl (C=O) groups excluding carboxylic acids is 1. The average molecular weight is 470 g/mol. The highest BCUT2D eigenvalue weighted by molar-refractivity contribution is 6.74. The topological polar surface area (TPSA) is 111 Å². The number of anilines is 1. The standard InChI is InChI=1S/C23H31N5O4Si/c1-23(2,3)33(4,5)31-12-17-16(29)11-18(32-17)28-14-26-19-20(24-13-25-21(19)28)27-22(30)15-9-7-6-8-10-15/h6-10,13-14,16-18,29H,11-12H2,1-5H3,(H,24,25,27,30). The summed E-state index contributed by atoms with van der Waals surface area (Å²) in [6.07, 6.45) is 1.85. The number of ether oxygens (including phenoxy) is 1. The molecule has 4 rings (SSSR count). The van der Waals surface area contributed by atoms with E-state index in [4.69, 9.17) is 9.16 Å². The van der Waals surface area contributed by atoms with Gasteiger partial charge in [0.15, 0.2) is 25.3 Å². The average Bonchev–Trinajstić information content (AvgIpc) is 3.36. The van der Waals surface area contributed by atoms with Crippen molar-refractivity contribution in [3.8, 4) is 0 Å². The van der Waals surface area contributed by atoms with Crippen molar-refractivity contribution >= 4 is 31.2 Å². The summed E-state index contributed by atoms with van der Waals surface area (Å²) in [5.41, 5.74) is 1.51. The van der Waals surface area contributed by atoms with E-state index in [0.717, 1.165) is 0 Å². The number of fused-ring (bicyclic) bond motifs is 1. The molecule has 3 atom stereocenters. The first-order valence-electron chi connectivity index (χ1n) is 11.1. The molecule has 0 radical (unpaired) electrons. The minimum Gasteiger partial charge on any atom is -0.414 e. The van der Waals surface area contributed by atoms with E-state index in [-0.39, 0.29) is 10.9 Å². The number of imidazole rings is 1. The number of nitrogens with zero attached hydrogens (tertiary/aromatic N) is 4. The molecule has 1 aromatic carbocycles. The first-order chi connectivity index (χ1) is 15.6. The summed E-state index contributed by atoms with van der Waals surface area (Å²) in [6, 6.07) is 8.90. The normalized spacial score (nSPS) is 21.5. The first kappa shape index (κ1) is 23.5. The van der Waals surface area contributed by atoms with Crippen molar-refractivity contribution in [1.82, 2.24) is 19.5 Å². The fraction of sp³-hybridized carbons (Fsp3) is 0.478. The van der Waals surface area contributed by atoms with Crippen LogP contribution < -0.4 is 5.32 Å². The molecule has 10 heteroatoms. The van der Waals surface area contributed by atoms with E-state index in [1.54, 1.807) is 35.2 Å². The van der Waals surface area contributed by atoms with Crippen LogP contribution in [-0.4, -0.2) is 57.7 Å². The van der Waals surface area contributed by atoms with Gasteiger partial charge in [0, 0.05) is 12.0 Å². The summed E-state index contributed by atoms with van der Waals surface area (Å²) < 4.78 is 14.2. The third kappa shape index (κ3) is 4.84. The van der Waals surface area contributed by atoms with Crippen molar-refractivity contribution in [2.45, 2.75) is 63.8 Å². The van der Waals surface area contributed by atoms with Gasteiger partial charge in [-0.05, 0) is 30.3 Å². The molecule has 0 saturated carbocycles. The second-order valence-electron chi connectivity index (χ2n) is 9.87. The molecular formula is C23H31N5O4Si. The summed E-state index contributed by atoms with van der Waals surface area (Å²) >= 11 is 0. The van der Waals surface area contributed by atoms with Crippen LogP contribution in [0.3, 0.4) is 0 Å². The number of rotatable bonds is 6. The van der Waals surface area contributed by atoms with Crippen LogP contribution >= 0.6 is 0 Å². The summed E-state index contributed by atoms with van der Waals surface area (Å²) in [7, 11) is -1.96. The minimum atomic E-state index is -1.96. The molecule has 0 aliphatic carbocycles. The molecule has 2 N–H and O–H groups in total. The van der Waals surface area contributed by atoms with E-state index in [1.165, 1.54) is 6.33 Å². The van der Waals surface area contributed by atoms with E-state index >= 15 is 0 Å². The number of nitrogens with one attached hydrogen (secondary N) is 1. The molecule has 33 heavy (non-hydrogen) atoms. The Hall–Kier alpha value is -2.66. The van der Waals surface area contributed by atoms with Gasteiger partial charge < -0.3 is 19.6 Å². The second kappa shape index (κ2) is 8.94. The number of hydrogen-bond acceptors (Lipinski definition) is 7. The zero-order valence-corrected chi connectivity index (χ0v) is 20.6. The van der Waals surface area contributed by atoms with Crippen LogP contribution in [0.4, 0.5) is 5.82 Å². The lowest BCUT2D eigenvalue weighted by atomic mass is 10.2. The fourth-order valence-corrected chi connectivity index (χ4v) is 4.48. The molecule has 2 aromatic heterocycles. The van der Waals surface area contributed by atoms with Gasteiger partial charge in [0.1, 0.15) is 18.7 Å². The highest BCUT2D eigenvalue weighted by atomic mass is 28.4. The van der Waals surface area contributed by atoms with E-state index in [2.05, 4.69) is 54.1 Å². The number of aliphatic hydroxyl groups is 1. The van der Waals surface area contributed by atoms with Gasteiger partial charge in [-0.3, -0.25) is 9.36 Å². The van der Waals surface area contributed by atoms with Crippen LogP contribution in [-0.2, 0) is 9.16 Å². The molecule has 1 fully saturated rings. The van der Waals surface area contributed by atoms with Crippen molar-refractivity contribution in [3.05, 3.63) is 48.5 Å². The summed E-state index contributed by atoms with van der Waals surface area (Å²) in [5, 5.41) is 13.5. The van der Waals surface area contributed by atoms with Gasteiger partial charge in [-0.1, -0.05) is 39.0 Å². The maximum Gasteiger partial charge on any atom is 0.256 e. The molecule has 1 aliphatic heterocycles. The van der Waals surface area contributed by atoms with Gasteiger partial charge in [0.25, 0.3) is 5.91 Å². The molecule has 1 saturated heterocycles. The van der Waals surface area contributed by atoms with E-state index in [9.17, 15) is 9.90 Å². The Morgan fingerprint density at radius 3 is 2.67 bits per heavy atom. The molecule has 3 unspecified atom stereocenters. The van der Waals surface area contributed by atoms with Crippen molar-refractivity contribution < 1.29 is 19.1 Å². The van der Waals surface area contributed by atoms with Gasteiger partial charge in [0.05, 0.1) is 19.0 Å². The molecule has 176 valence electrons. The molecule has 1 aliphatic rings. The van der Waals surface area contributed by atoms with Gasteiger partial charge in [-0.2, -0.15) is 0 Å². The maximum absolute atomic E-state index is 12.6. The Labute approximate surface area is 194 Å². The van der Waals surface area contributed by atoms with Gasteiger partial charge in [-0.25, -0.2) is 15.0 Å². The molecule has 0 spiro atoms. The van der Waals surface area contributed by atoms with Crippen molar-refractivity contribution in [3.63, 3.8) is 0 Å². The van der Waals surface area contributed by atoms with Gasteiger partial charge >= 0.3 is 0 Å². The predicted octanol–water partition coefficient (Wildman–Crippen LogP) is 3.75. The Balaban J connectivity index is 1.49. The zero-order valence-electron chi connectivity index (χ0n) is 19.6. The van der Waals surface area contributed by atoms with Crippen LogP contribution in [0.15, 0.2) is 43.0 Å². The Morgan fingerprint density at radius 2 is 1.97 bits per heavy atom. The highest BCUT2D eigenvalue weighted by Crippen LogP contribution is 2.38. The van der Waals surface area contributed by atoms with Crippen molar-refractivity contribution in [2.75, 3.05) is 11.9 Å². The molecule has 3 aromatic rings. The van der Waals surface area contributed by atoms with E-state index < -0.39 is 26.8 Å². The molecular weight excluding hydrogens is 438 g/mol. The summed E-state index contributed by atoms with van der Waals surface area (Å²) in [6.45, 7) is 11.2. The Morgan fingerprint density at radius 1 is 1.24 bits per heavy atom. The lowest BCUT2D eigenvalue weighted by molar-refractivity contribution is -0.0405.